The van der Waals surface area contributed by atoms with Crippen LogP contribution in [-0.2, 0) is 16.1 Å². The van der Waals surface area contributed by atoms with E-state index in [1.165, 1.54) is 19.3 Å². The Hall–Kier alpha value is -2.63. The van der Waals surface area contributed by atoms with Crippen LogP contribution in [-0.4, -0.2) is 27.9 Å². The zero-order valence-corrected chi connectivity index (χ0v) is 17.3. The number of hydrogen-bond donors (Lipinski definition) is 2. The molecule has 4 aliphatic rings. The van der Waals surface area contributed by atoms with Crippen LogP contribution in [0, 0.1) is 23.2 Å². The fourth-order valence-corrected chi connectivity index (χ4v) is 6.37. The Kier molecular flexibility index (Phi) is 5.09. The van der Waals surface area contributed by atoms with Crippen LogP contribution in [0.4, 0.5) is 5.69 Å². The third-order valence-corrected chi connectivity index (χ3v) is 7.32. The van der Waals surface area contributed by atoms with E-state index in [0.717, 1.165) is 54.8 Å². The van der Waals surface area contributed by atoms with Crippen molar-refractivity contribution in [3.05, 3.63) is 48.5 Å². The average molecular weight is 407 g/mol. The standard InChI is InChI=1S/C24H30N4O2/c29-22(27-21-3-1-17(2-4-21)15-28-8-7-25-16-28)5-6-26-23(30)24-12-18-9-19(13-24)11-20(10-18)14-24/h1-4,7-8,16,18-20H,5-6,9-15H2,(H,26,30)(H,27,29). The first-order valence-corrected chi connectivity index (χ1v) is 11.2. The number of carbonyl (C=O) groups excluding carboxylic acids is 2. The summed E-state index contributed by atoms with van der Waals surface area (Å²) in [6.45, 7) is 1.16. The van der Waals surface area contributed by atoms with Crippen LogP contribution in [0.1, 0.15) is 50.5 Å². The van der Waals surface area contributed by atoms with Gasteiger partial charge in [0.15, 0.2) is 0 Å². The maximum atomic E-state index is 13.0. The fourth-order valence-electron chi connectivity index (χ4n) is 6.37. The minimum atomic E-state index is -0.143. The van der Waals surface area contributed by atoms with Gasteiger partial charge in [0.1, 0.15) is 0 Å². The van der Waals surface area contributed by atoms with E-state index < -0.39 is 0 Å². The first-order chi connectivity index (χ1) is 14.6. The molecule has 0 unspecified atom stereocenters. The van der Waals surface area contributed by atoms with E-state index in [0.29, 0.717) is 13.0 Å². The molecule has 1 aromatic carbocycles. The topological polar surface area (TPSA) is 76.0 Å². The molecule has 4 aliphatic carbocycles. The largest absolute Gasteiger partial charge is 0.355 e. The molecule has 2 N–H and O–H groups in total. The molecule has 30 heavy (non-hydrogen) atoms. The lowest BCUT2D eigenvalue weighted by Gasteiger charge is -2.55. The number of rotatable bonds is 7. The van der Waals surface area contributed by atoms with Crippen LogP contribution in [0.5, 0.6) is 0 Å². The monoisotopic (exact) mass is 406 g/mol. The molecule has 6 rings (SSSR count). The maximum absolute atomic E-state index is 13.0. The van der Waals surface area contributed by atoms with Crippen LogP contribution in [0.25, 0.3) is 0 Å². The van der Waals surface area contributed by atoms with Crippen molar-refractivity contribution in [3.63, 3.8) is 0 Å². The summed E-state index contributed by atoms with van der Waals surface area (Å²) in [4.78, 5) is 29.3. The lowest BCUT2D eigenvalue weighted by molar-refractivity contribution is -0.146. The highest BCUT2D eigenvalue weighted by Crippen LogP contribution is 2.60. The molecule has 2 aromatic rings. The third-order valence-electron chi connectivity index (χ3n) is 7.32. The number of anilines is 1. The van der Waals surface area contributed by atoms with Gasteiger partial charge in [-0.1, -0.05) is 12.1 Å². The molecule has 158 valence electrons. The van der Waals surface area contributed by atoms with Crippen molar-refractivity contribution in [2.24, 2.45) is 23.2 Å². The van der Waals surface area contributed by atoms with Crippen LogP contribution >= 0.6 is 0 Å². The predicted octanol–water partition coefficient (Wildman–Crippen LogP) is 3.59. The van der Waals surface area contributed by atoms with E-state index in [2.05, 4.69) is 15.6 Å². The molecule has 1 heterocycles. The van der Waals surface area contributed by atoms with Gasteiger partial charge in [0.2, 0.25) is 11.8 Å². The zero-order chi connectivity index (χ0) is 20.6. The Morgan fingerprint density at radius 2 is 1.70 bits per heavy atom. The highest BCUT2D eigenvalue weighted by atomic mass is 16.2. The summed E-state index contributed by atoms with van der Waals surface area (Å²) < 4.78 is 2.00. The molecule has 6 nitrogen and oxygen atoms in total. The van der Waals surface area contributed by atoms with Crippen molar-refractivity contribution in [1.82, 2.24) is 14.9 Å². The Balaban J connectivity index is 1.08. The van der Waals surface area contributed by atoms with Gasteiger partial charge in [0.25, 0.3) is 0 Å². The van der Waals surface area contributed by atoms with Crippen LogP contribution < -0.4 is 10.6 Å². The first kappa shape index (κ1) is 19.3. The van der Waals surface area contributed by atoms with E-state index in [-0.39, 0.29) is 17.2 Å². The minimum absolute atomic E-state index is 0.0665. The van der Waals surface area contributed by atoms with Gasteiger partial charge in [-0.05, 0) is 74.0 Å². The molecule has 0 radical (unpaired) electrons. The second-order valence-corrected chi connectivity index (χ2v) is 9.68. The Labute approximate surface area is 177 Å². The second kappa shape index (κ2) is 7.89. The molecule has 0 saturated heterocycles. The molecular formula is C24H30N4O2. The number of carbonyl (C=O) groups is 2. The summed E-state index contributed by atoms with van der Waals surface area (Å²) in [5, 5.41) is 6.01. The SMILES string of the molecule is O=C(CCNC(=O)C12CC3CC(CC(C3)C1)C2)Nc1ccc(Cn2ccnc2)cc1. The predicted molar refractivity (Wildman–Crippen MR) is 115 cm³/mol. The number of imidazole rings is 1. The molecule has 0 atom stereocenters. The van der Waals surface area contributed by atoms with E-state index in [9.17, 15) is 9.59 Å². The molecule has 0 spiro atoms. The van der Waals surface area contributed by atoms with Gasteiger partial charge in [-0.15, -0.1) is 0 Å². The van der Waals surface area contributed by atoms with Crippen molar-refractivity contribution in [2.45, 2.75) is 51.5 Å². The summed E-state index contributed by atoms with van der Waals surface area (Å²) >= 11 is 0. The number of aromatic nitrogens is 2. The number of benzene rings is 1. The molecule has 2 amide bonds. The van der Waals surface area contributed by atoms with Gasteiger partial charge >= 0.3 is 0 Å². The van der Waals surface area contributed by atoms with Gasteiger partial charge in [0.05, 0.1) is 6.33 Å². The van der Waals surface area contributed by atoms with E-state index >= 15 is 0 Å². The van der Waals surface area contributed by atoms with Gasteiger partial charge < -0.3 is 15.2 Å². The molecule has 4 saturated carbocycles. The van der Waals surface area contributed by atoms with Crippen LogP contribution in [0.2, 0.25) is 0 Å². The molecule has 4 fully saturated rings. The lowest BCUT2D eigenvalue weighted by Crippen LogP contribution is -2.53. The van der Waals surface area contributed by atoms with Crippen molar-refractivity contribution in [3.8, 4) is 0 Å². The lowest BCUT2D eigenvalue weighted by atomic mass is 9.49. The summed E-state index contributed by atoms with van der Waals surface area (Å²) in [5.74, 6) is 2.38. The van der Waals surface area contributed by atoms with Crippen LogP contribution in [0.15, 0.2) is 43.0 Å². The average Bonchev–Trinajstić information content (AvgIpc) is 3.21. The summed E-state index contributed by atoms with van der Waals surface area (Å²) in [6, 6.07) is 7.84. The van der Waals surface area contributed by atoms with Crippen molar-refractivity contribution in [1.29, 1.82) is 0 Å². The highest BCUT2D eigenvalue weighted by Gasteiger charge is 2.54. The Morgan fingerprint density at radius 1 is 1.03 bits per heavy atom. The number of hydrogen-bond acceptors (Lipinski definition) is 3. The third kappa shape index (κ3) is 4.00. The first-order valence-electron chi connectivity index (χ1n) is 11.2. The summed E-state index contributed by atoms with van der Waals surface area (Å²) in [7, 11) is 0. The molecule has 0 aliphatic heterocycles. The summed E-state index contributed by atoms with van der Waals surface area (Å²) in [5.41, 5.74) is 1.78. The highest BCUT2D eigenvalue weighted by molar-refractivity contribution is 5.91. The van der Waals surface area contributed by atoms with Crippen molar-refractivity contribution >= 4 is 17.5 Å². The molecular weight excluding hydrogens is 376 g/mol. The molecule has 6 heteroatoms. The second-order valence-electron chi connectivity index (χ2n) is 9.68. The minimum Gasteiger partial charge on any atom is -0.355 e. The van der Waals surface area contributed by atoms with E-state index in [1.54, 1.807) is 12.5 Å². The molecule has 1 aromatic heterocycles. The van der Waals surface area contributed by atoms with Gasteiger partial charge in [-0.2, -0.15) is 0 Å². The number of amides is 2. The fraction of sp³-hybridized carbons (Fsp3) is 0.542. The summed E-state index contributed by atoms with van der Waals surface area (Å²) in [6.07, 6.45) is 12.9. The van der Waals surface area contributed by atoms with Crippen LogP contribution in [0.3, 0.4) is 0 Å². The number of nitrogens with one attached hydrogen (secondary N) is 2. The quantitative estimate of drug-likeness (QED) is 0.738. The smallest absolute Gasteiger partial charge is 0.226 e. The van der Waals surface area contributed by atoms with E-state index in [4.69, 9.17) is 0 Å². The normalized spacial score (nSPS) is 29.0. The maximum Gasteiger partial charge on any atom is 0.226 e. The Bertz CT molecular complexity index is 869. The van der Waals surface area contributed by atoms with Gasteiger partial charge in [-0.25, -0.2) is 4.98 Å². The Morgan fingerprint density at radius 3 is 2.30 bits per heavy atom. The van der Waals surface area contributed by atoms with E-state index in [1.807, 2.05) is 35.0 Å². The van der Waals surface area contributed by atoms with Crippen molar-refractivity contribution < 1.29 is 9.59 Å². The number of nitrogens with zero attached hydrogens (tertiary/aromatic N) is 2. The zero-order valence-electron chi connectivity index (χ0n) is 17.3. The van der Waals surface area contributed by atoms with Gasteiger partial charge in [0, 0.05) is 43.0 Å². The van der Waals surface area contributed by atoms with Crippen molar-refractivity contribution in [2.75, 3.05) is 11.9 Å². The van der Waals surface area contributed by atoms with Gasteiger partial charge in [-0.3, -0.25) is 9.59 Å². The molecule has 4 bridgehead atoms.